The molecule has 0 aliphatic heterocycles. The standard InChI is InChI=1S/C13H18O/c1-9-8-13-4-2-10(9)6-11(13)7-12(14)3-5-13/h10-11H,1-8H2/t10-,11?,13+/m0/s1. The van der Waals surface area contributed by atoms with E-state index in [0.717, 1.165) is 25.2 Å². The molecule has 1 heteroatoms. The smallest absolute Gasteiger partial charge is 0.133 e. The van der Waals surface area contributed by atoms with E-state index in [1.807, 2.05) is 0 Å². The van der Waals surface area contributed by atoms with E-state index >= 15 is 0 Å². The van der Waals surface area contributed by atoms with Gasteiger partial charge in [-0.05, 0) is 49.4 Å². The van der Waals surface area contributed by atoms with Crippen LogP contribution in [0.2, 0.25) is 0 Å². The van der Waals surface area contributed by atoms with Gasteiger partial charge in [-0.3, -0.25) is 4.79 Å². The average Bonchev–Trinajstić information content (AvgIpc) is 2.17. The molecular formula is C13H18O. The molecule has 0 heterocycles. The summed E-state index contributed by atoms with van der Waals surface area (Å²) in [4.78, 5) is 11.5. The lowest BCUT2D eigenvalue weighted by Crippen LogP contribution is -2.46. The summed E-state index contributed by atoms with van der Waals surface area (Å²) in [5, 5.41) is 0. The van der Waals surface area contributed by atoms with Crippen molar-refractivity contribution in [1.29, 1.82) is 0 Å². The van der Waals surface area contributed by atoms with E-state index in [9.17, 15) is 4.79 Å². The summed E-state index contributed by atoms with van der Waals surface area (Å²) in [6, 6.07) is 0. The summed E-state index contributed by atoms with van der Waals surface area (Å²) >= 11 is 0. The number of hydrogen-bond acceptors (Lipinski definition) is 1. The Labute approximate surface area is 85.6 Å². The number of Topliss-reactive ketones (excluding diaryl/α,β-unsaturated/α-hetero) is 1. The average molecular weight is 190 g/mol. The lowest BCUT2D eigenvalue weighted by Gasteiger charge is -2.55. The molecule has 0 N–H and O–H groups in total. The highest BCUT2D eigenvalue weighted by Crippen LogP contribution is 2.60. The Hall–Kier alpha value is -0.590. The molecular weight excluding hydrogens is 172 g/mol. The zero-order chi connectivity index (χ0) is 9.76. The zero-order valence-electron chi connectivity index (χ0n) is 8.72. The summed E-state index contributed by atoms with van der Waals surface area (Å²) in [6.07, 6.45) is 8.10. The molecule has 0 aromatic carbocycles. The van der Waals surface area contributed by atoms with Gasteiger partial charge in [-0.1, -0.05) is 12.2 Å². The Morgan fingerprint density at radius 3 is 3.00 bits per heavy atom. The van der Waals surface area contributed by atoms with E-state index in [1.54, 1.807) is 0 Å². The third kappa shape index (κ3) is 1.04. The van der Waals surface area contributed by atoms with Crippen LogP contribution in [0.25, 0.3) is 0 Å². The number of fused-ring (bicyclic) bond motifs is 2. The fourth-order valence-corrected chi connectivity index (χ4v) is 4.06. The van der Waals surface area contributed by atoms with Crippen molar-refractivity contribution in [3.63, 3.8) is 0 Å². The summed E-state index contributed by atoms with van der Waals surface area (Å²) < 4.78 is 0. The lowest BCUT2D eigenvalue weighted by molar-refractivity contribution is -0.128. The molecule has 14 heavy (non-hydrogen) atoms. The van der Waals surface area contributed by atoms with Crippen molar-refractivity contribution in [1.82, 2.24) is 0 Å². The van der Waals surface area contributed by atoms with Crippen LogP contribution >= 0.6 is 0 Å². The molecule has 76 valence electrons. The van der Waals surface area contributed by atoms with Crippen LogP contribution in [0.5, 0.6) is 0 Å². The molecule has 4 rings (SSSR count). The fraction of sp³-hybridized carbons (Fsp3) is 0.769. The molecule has 0 saturated heterocycles. The number of carbonyl (C=O) groups is 1. The number of hydrogen-bond donors (Lipinski definition) is 0. The molecule has 4 aliphatic rings. The first-order valence-electron chi connectivity index (χ1n) is 5.89. The fourth-order valence-electron chi connectivity index (χ4n) is 4.06. The van der Waals surface area contributed by atoms with Gasteiger partial charge < -0.3 is 0 Å². The third-order valence-electron chi connectivity index (χ3n) is 4.96. The predicted molar refractivity (Wildman–Crippen MR) is 55.9 cm³/mol. The van der Waals surface area contributed by atoms with E-state index in [1.165, 1.54) is 31.3 Å². The molecule has 3 atom stereocenters. The van der Waals surface area contributed by atoms with Crippen LogP contribution < -0.4 is 0 Å². The highest BCUT2D eigenvalue weighted by molar-refractivity contribution is 5.79. The minimum atomic E-state index is 0.513. The Bertz CT molecular complexity index is 304. The van der Waals surface area contributed by atoms with Gasteiger partial charge in [0.15, 0.2) is 0 Å². The van der Waals surface area contributed by atoms with Gasteiger partial charge >= 0.3 is 0 Å². The molecule has 2 bridgehead atoms. The van der Waals surface area contributed by atoms with E-state index in [-0.39, 0.29) is 0 Å². The van der Waals surface area contributed by atoms with Crippen molar-refractivity contribution >= 4 is 5.78 Å². The van der Waals surface area contributed by atoms with Crippen LogP contribution in [0, 0.1) is 17.3 Å². The van der Waals surface area contributed by atoms with Crippen LogP contribution in [-0.2, 0) is 4.79 Å². The van der Waals surface area contributed by atoms with Crippen LogP contribution in [0.15, 0.2) is 12.2 Å². The zero-order valence-corrected chi connectivity index (χ0v) is 8.72. The Kier molecular flexibility index (Phi) is 1.68. The topological polar surface area (TPSA) is 17.1 Å². The Balaban J connectivity index is 1.92. The predicted octanol–water partition coefficient (Wildman–Crippen LogP) is 3.10. The molecule has 1 nitrogen and oxygen atoms in total. The Morgan fingerprint density at radius 2 is 2.21 bits per heavy atom. The molecule has 1 unspecified atom stereocenters. The monoisotopic (exact) mass is 190 g/mol. The molecule has 0 aromatic rings. The number of ketones is 1. The summed E-state index contributed by atoms with van der Waals surface area (Å²) in [6.45, 7) is 4.22. The van der Waals surface area contributed by atoms with Gasteiger partial charge in [-0.15, -0.1) is 0 Å². The lowest BCUT2D eigenvalue weighted by atomic mass is 9.49. The largest absolute Gasteiger partial charge is 0.300 e. The van der Waals surface area contributed by atoms with E-state index < -0.39 is 0 Å². The van der Waals surface area contributed by atoms with Gasteiger partial charge in [0, 0.05) is 12.8 Å². The Morgan fingerprint density at radius 1 is 1.36 bits per heavy atom. The van der Waals surface area contributed by atoms with Crippen molar-refractivity contribution in [2.75, 3.05) is 0 Å². The SMILES string of the molecule is C=C1C[C@@]23CCC(=O)CC2C[C@@H]1CC3. The molecule has 0 amide bonds. The maximum Gasteiger partial charge on any atom is 0.133 e. The van der Waals surface area contributed by atoms with Crippen LogP contribution in [-0.4, -0.2) is 5.78 Å². The maximum atomic E-state index is 11.5. The summed E-state index contributed by atoms with van der Waals surface area (Å²) in [7, 11) is 0. The van der Waals surface area contributed by atoms with E-state index in [4.69, 9.17) is 0 Å². The minimum absolute atomic E-state index is 0.513. The van der Waals surface area contributed by atoms with Gasteiger partial charge in [0.1, 0.15) is 5.78 Å². The highest BCUT2D eigenvalue weighted by Gasteiger charge is 2.51. The number of rotatable bonds is 0. The number of allylic oxidation sites excluding steroid dienone is 1. The molecule has 0 radical (unpaired) electrons. The van der Waals surface area contributed by atoms with Crippen molar-refractivity contribution in [3.8, 4) is 0 Å². The maximum absolute atomic E-state index is 11.5. The first kappa shape index (κ1) is 8.70. The molecule has 4 aliphatic carbocycles. The van der Waals surface area contributed by atoms with E-state index in [2.05, 4.69) is 6.58 Å². The van der Waals surface area contributed by atoms with Gasteiger partial charge in [-0.2, -0.15) is 0 Å². The molecule has 4 fully saturated rings. The first-order chi connectivity index (χ1) is 6.70. The van der Waals surface area contributed by atoms with E-state index in [0.29, 0.717) is 17.1 Å². The van der Waals surface area contributed by atoms with Crippen molar-refractivity contribution in [2.45, 2.75) is 44.9 Å². The van der Waals surface area contributed by atoms with Gasteiger partial charge in [0.25, 0.3) is 0 Å². The summed E-state index contributed by atoms with van der Waals surface area (Å²) in [5.41, 5.74) is 2.00. The molecule has 0 aromatic heterocycles. The van der Waals surface area contributed by atoms with Gasteiger partial charge in [0.2, 0.25) is 0 Å². The second kappa shape index (κ2) is 2.71. The van der Waals surface area contributed by atoms with Crippen molar-refractivity contribution in [3.05, 3.63) is 12.2 Å². The first-order valence-corrected chi connectivity index (χ1v) is 5.89. The highest BCUT2D eigenvalue weighted by atomic mass is 16.1. The van der Waals surface area contributed by atoms with Gasteiger partial charge in [-0.25, -0.2) is 0 Å². The van der Waals surface area contributed by atoms with Crippen molar-refractivity contribution in [2.24, 2.45) is 17.3 Å². The van der Waals surface area contributed by atoms with Crippen LogP contribution in [0.3, 0.4) is 0 Å². The van der Waals surface area contributed by atoms with Crippen molar-refractivity contribution < 1.29 is 4.79 Å². The van der Waals surface area contributed by atoms with Crippen LogP contribution in [0.4, 0.5) is 0 Å². The second-order valence-electron chi connectivity index (χ2n) is 5.61. The van der Waals surface area contributed by atoms with Gasteiger partial charge in [0.05, 0.1) is 0 Å². The summed E-state index contributed by atoms with van der Waals surface area (Å²) in [5.74, 6) is 1.99. The normalized spacial score (nSPS) is 46.6. The minimum Gasteiger partial charge on any atom is -0.300 e. The van der Waals surface area contributed by atoms with Crippen LogP contribution in [0.1, 0.15) is 44.9 Å². The second-order valence-corrected chi connectivity index (χ2v) is 5.61. The molecule has 4 saturated carbocycles. The molecule has 1 spiro atoms. The third-order valence-corrected chi connectivity index (χ3v) is 4.96. The number of carbonyl (C=O) groups excluding carboxylic acids is 1. The quantitative estimate of drug-likeness (QED) is 0.536.